The minimum atomic E-state index is -0.315. The van der Waals surface area contributed by atoms with Crippen LogP contribution in [-0.4, -0.2) is 65.0 Å². The number of carboxylic acid groups (broad SMARTS) is 1. The molecule has 2 atom stereocenters. The predicted molar refractivity (Wildman–Crippen MR) is 128 cm³/mol. The lowest BCUT2D eigenvalue weighted by atomic mass is 9.94. The third kappa shape index (κ3) is 7.17. The van der Waals surface area contributed by atoms with E-state index in [9.17, 15) is 5.11 Å². The Kier molecular flexibility index (Phi) is 9.04. The maximum atomic E-state index is 10.6. The Morgan fingerprint density at radius 1 is 1.09 bits per heavy atom. The summed E-state index contributed by atoms with van der Waals surface area (Å²) < 4.78 is 11.5. The first-order chi connectivity index (χ1) is 16.0. The van der Waals surface area contributed by atoms with Gasteiger partial charge in [-0.15, -0.1) is 0 Å². The number of hydrogen-bond acceptors (Lipinski definition) is 6. The van der Waals surface area contributed by atoms with Crippen LogP contribution in [0.3, 0.4) is 0 Å². The van der Waals surface area contributed by atoms with Gasteiger partial charge in [0.25, 0.3) is 6.47 Å². The number of aliphatic hydroxyl groups excluding tert-OH is 1. The molecule has 0 bridgehead atoms. The van der Waals surface area contributed by atoms with Crippen LogP contribution >= 0.6 is 0 Å². The molecule has 1 aliphatic rings. The van der Waals surface area contributed by atoms with E-state index in [1.54, 1.807) is 0 Å². The number of fused-ring (bicyclic) bond motifs is 1. The van der Waals surface area contributed by atoms with E-state index in [4.69, 9.17) is 19.4 Å². The quantitative estimate of drug-likeness (QED) is 0.504. The summed E-state index contributed by atoms with van der Waals surface area (Å²) >= 11 is 0. The fourth-order valence-electron chi connectivity index (χ4n) is 4.12. The van der Waals surface area contributed by atoms with Crippen molar-refractivity contribution in [1.29, 1.82) is 0 Å². The molecule has 1 aromatic heterocycles. The van der Waals surface area contributed by atoms with E-state index in [0.29, 0.717) is 13.2 Å². The third-order valence-corrected chi connectivity index (χ3v) is 5.58. The summed E-state index contributed by atoms with van der Waals surface area (Å²) in [6.07, 6.45) is 2.57. The maximum Gasteiger partial charge on any atom is 0.290 e. The second kappa shape index (κ2) is 12.2. The Morgan fingerprint density at radius 2 is 1.79 bits per heavy atom. The first-order valence-electron chi connectivity index (χ1n) is 11.2. The average Bonchev–Trinajstić information content (AvgIpc) is 3.14. The smallest absolute Gasteiger partial charge is 0.290 e. The topological polar surface area (TPSA) is 92.1 Å². The lowest BCUT2D eigenvalue weighted by molar-refractivity contribution is -0.122. The molecule has 1 aliphatic heterocycles. The molecular weight excluding hydrogens is 420 g/mol. The molecule has 0 aliphatic carbocycles. The molecule has 7 nitrogen and oxygen atoms in total. The minimum Gasteiger partial charge on any atom is -0.492 e. The number of ether oxygens (including phenoxy) is 2. The van der Waals surface area contributed by atoms with E-state index in [0.717, 1.165) is 36.5 Å². The largest absolute Gasteiger partial charge is 0.492 e. The number of β-amino-alcohol motifs (C(OH)–C–C–N with tert-alkyl or cyclic N) is 1. The van der Waals surface area contributed by atoms with Crippen molar-refractivity contribution in [2.24, 2.45) is 5.92 Å². The Labute approximate surface area is 194 Å². The highest BCUT2D eigenvalue weighted by Gasteiger charge is 2.31. The normalized spacial score (nSPS) is 18.1. The highest BCUT2D eigenvalue weighted by molar-refractivity contribution is 5.81. The van der Waals surface area contributed by atoms with Gasteiger partial charge in [-0.3, -0.25) is 14.7 Å². The van der Waals surface area contributed by atoms with Gasteiger partial charge < -0.3 is 19.7 Å². The monoisotopic (exact) mass is 452 g/mol. The van der Waals surface area contributed by atoms with E-state index in [1.165, 1.54) is 10.9 Å². The summed E-state index contributed by atoms with van der Waals surface area (Å²) in [6, 6.07) is 18.0. The van der Waals surface area contributed by atoms with Gasteiger partial charge >= 0.3 is 0 Å². The molecule has 0 radical (unpaired) electrons. The van der Waals surface area contributed by atoms with Crippen molar-refractivity contribution in [1.82, 2.24) is 9.88 Å². The summed E-state index contributed by atoms with van der Waals surface area (Å²) in [4.78, 5) is 15.1. The molecule has 2 N–H and O–H groups in total. The minimum absolute atomic E-state index is 0.163. The second-order valence-corrected chi connectivity index (χ2v) is 8.37. The van der Waals surface area contributed by atoms with Gasteiger partial charge in [0.1, 0.15) is 18.1 Å². The number of para-hydroxylation sites is 1. The van der Waals surface area contributed by atoms with Crippen molar-refractivity contribution in [2.45, 2.75) is 32.5 Å². The number of likely N-dealkylation sites (tertiary alicyclic amines) is 1. The van der Waals surface area contributed by atoms with Crippen molar-refractivity contribution in [3.8, 4) is 11.5 Å². The first kappa shape index (κ1) is 24.5. The zero-order valence-corrected chi connectivity index (χ0v) is 19.1. The van der Waals surface area contributed by atoms with Crippen molar-refractivity contribution in [3.63, 3.8) is 0 Å². The van der Waals surface area contributed by atoms with Crippen LogP contribution in [0.25, 0.3) is 10.9 Å². The van der Waals surface area contributed by atoms with E-state index in [1.807, 2.05) is 62.5 Å². The maximum absolute atomic E-state index is 10.6. The van der Waals surface area contributed by atoms with E-state index in [2.05, 4.69) is 22.0 Å². The van der Waals surface area contributed by atoms with Crippen LogP contribution in [-0.2, 0) is 11.2 Å². The van der Waals surface area contributed by atoms with Crippen LogP contribution in [0.1, 0.15) is 19.4 Å². The predicted octanol–water partition coefficient (Wildman–Crippen LogP) is 3.64. The molecule has 4 rings (SSSR count). The van der Waals surface area contributed by atoms with Gasteiger partial charge in [-0.05, 0) is 62.2 Å². The summed E-state index contributed by atoms with van der Waals surface area (Å²) in [6.45, 7) is 6.75. The van der Waals surface area contributed by atoms with Crippen molar-refractivity contribution >= 4 is 17.4 Å². The molecule has 2 aromatic carbocycles. The van der Waals surface area contributed by atoms with Gasteiger partial charge in [0.15, 0.2) is 0 Å². The Balaban J connectivity index is 0.000000968. The van der Waals surface area contributed by atoms with Crippen molar-refractivity contribution in [2.75, 3.05) is 26.2 Å². The zero-order valence-electron chi connectivity index (χ0n) is 19.1. The SMILES string of the molecule is CC(C)Oc1ccc(OCCN2C[C@@H](Cc3ccnc4ccccc34)[C@@H](O)C2)cc1.O=CO. The van der Waals surface area contributed by atoms with Crippen LogP contribution in [0.4, 0.5) is 0 Å². The number of hydrogen-bond donors (Lipinski definition) is 2. The molecule has 33 heavy (non-hydrogen) atoms. The molecule has 2 heterocycles. The lowest BCUT2D eigenvalue weighted by Crippen LogP contribution is -2.27. The highest BCUT2D eigenvalue weighted by atomic mass is 16.5. The molecule has 1 fully saturated rings. The standard InChI is InChI=1S/C25H30N2O3.CH2O2/c1-18(2)30-22-9-7-21(8-10-22)29-14-13-27-16-20(25(28)17-27)15-19-11-12-26-24-6-4-3-5-23(19)24;2-1-3/h3-12,18,20,25,28H,13-17H2,1-2H3;1H,(H,2,3)/t20-,25+;/m1./s1. The Morgan fingerprint density at radius 3 is 2.52 bits per heavy atom. The molecule has 0 saturated carbocycles. The number of rotatable bonds is 8. The number of aromatic nitrogens is 1. The lowest BCUT2D eigenvalue weighted by Gasteiger charge is -2.17. The van der Waals surface area contributed by atoms with Crippen LogP contribution in [0, 0.1) is 5.92 Å². The van der Waals surface area contributed by atoms with Gasteiger partial charge in [-0.2, -0.15) is 0 Å². The molecular formula is C26H32N2O5. The summed E-state index contributed by atoms with van der Waals surface area (Å²) in [7, 11) is 0. The molecule has 0 spiro atoms. The van der Waals surface area contributed by atoms with E-state index in [-0.39, 0.29) is 24.6 Å². The van der Waals surface area contributed by atoms with Gasteiger partial charge in [-0.25, -0.2) is 0 Å². The molecule has 0 amide bonds. The van der Waals surface area contributed by atoms with Crippen LogP contribution < -0.4 is 9.47 Å². The molecule has 1 saturated heterocycles. The van der Waals surface area contributed by atoms with Crippen LogP contribution in [0.2, 0.25) is 0 Å². The highest BCUT2D eigenvalue weighted by Crippen LogP contribution is 2.25. The molecule has 176 valence electrons. The molecule has 7 heteroatoms. The Bertz CT molecular complexity index is 1000. The summed E-state index contributed by atoms with van der Waals surface area (Å²) in [5.74, 6) is 1.92. The number of carbonyl (C=O) groups is 1. The van der Waals surface area contributed by atoms with E-state index < -0.39 is 0 Å². The molecule has 0 unspecified atom stereocenters. The van der Waals surface area contributed by atoms with E-state index >= 15 is 0 Å². The zero-order chi connectivity index (χ0) is 23.6. The Hall–Kier alpha value is -3.16. The van der Waals surface area contributed by atoms with Gasteiger partial charge in [0.05, 0.1) is 17.7 Å². The van der Waals surface area contributed by atoms with Crippen molar-refractivity contribution in [3.05, 3.63) is 66.4 Å². The first-order valence-corrected chi connectivity index (χ1v) is 11.2. The summed E-state index contributed by atoms with van der Waals surface area (Å²) in [5, 5.41) is 18.7. The fourth-order valence-corrected chi connectivity index (χ4v) is 4.12. The fraction of sp³-hybridized carbons (Fsp3) is 0.385. The van der Waals surface area contributed by atoms with Gasteiger partial charge in [0, 0.05) is 37.1 Å². The van der Waals surface area contributed by atoms with Gasteiger partial charge in [-0.1, -0.05) is 18.2 Å². The number of aliphatic hydroxyl groups is 1. The third-order valence-electron chi connectivity index (χ3n) is 5.58. The van der Waals surface area contributed by atoms with Crippen LogP contribution in [0.15, 0.2) is 60.8 Å². The van der Waals surface area contributed by atoms with Crippen LogP contribution in [0.5, 0.6) is 11.5 Å². The summed E-state index contributed by atoms with van der Waals surface area (Å²) in [5.41, 5.74) is 2.27. The number of pyridine rings is 1. The molecule has 3 aromatic rings. The number of nitrogens with zero attached hydrogens (tertiary/aromatic N) is 2. The second-order valence-electron chi connectivity index (χ2n) is 8.37. The van der Waals surface area contributed by atoms with Crippen molar-refractivity contribution < 1.29 is 24.5 Å². The average molecular weight is 453 g/mol. The van der Waals surface area contributed by atoms with Gasteiger partial charge in [0.2, 0.25) is 0 Å². The number of benzene rings is 2.